The van der Waals surface area contributed by atoms with E-state index in [4.69, 9.17) is 5.11 Å². The molecular formula is C15H24F3N3O3. The second-order valence-electron chi connectivity index (χ2n) is 6.61. The van der Waals surface area contributed by atoms with E-state index in [2.05, 4.69) is 4.90 Å². The molecule has 2 amide bonds. The van der Waals surface area contributed by atoms with Crippen LogP contribution in [-0.4, -0.2) is 89.7 Å². The number of carbonyl (C=O) groups is 2. The first kappa shape index (κ1) is 19.0. The summed E-state index contributed by atoms with van der Waals surface area (Å²) in [5, 5.41) is 9.04. The van der Waals surface area contributed by atoms with Gasteiger partial charge in [-0.15, -0.1) is 0 Å². The van der Waals surface area contributed by atoms with Gasteiger partial charge in [-0.2, -0.15) is 13.2 Å². The summed E-state index contributed by atoms with van der Waals surface area (Å²) in [5.41, 5.74) is -0.487. The highest BCUT2D eigenvalue weighted by Gasteiger charge is 2.44. The summed E-state index contributed by atoms with van der Waals surface area (Å²) in [5.74, 6) is -0.967. The fourth-order valence-electron chi connectivity index (χ4n) is 3.55. The Hall–Kier alpha value is -1.35. The molecule has 0 aromatic carbocycles. The summed E-state index contributed by atoms with van der Waals surface area (Å²) in [6.45, 7) is 1.53. The van der Waals surface area contributed by atoms with Crippen molar-refractivity contribution in [3.8, 4) is 0 Å². The Morgan fingerprint density at radius 2 is 1.96 bits per heavy atom. The molecular weight excluding hydrogens is 327 g/mol. The van der Waals surface area contributed by atoms with Crippen molar-refractivity contribution in [1.29, 1.82) is 0 Å². The number of carbonyl (C=O) groups excluding carboxylic acids is 2. The van der Waals surface area contributed by atoms with Crippen LogP contribution in [0.4, 0.5) is 13.2 Å². The maximum Gasteiger partial charge on any atom is 0.397 e. The molecule has 0 aliphatic carbocycles. The second kappa shape index (κ2) is 7.26. The van der Waals surface area contributed by atoms with Gasteiger partial charge in [-0.05, 0) is 19.9 Å². The quantitative estimate of drug-likeness (QED) is 0.802. The zero-order valence-electron chi connectivity index (χ0n) is 13.8. The third kappa shape index (κ3) is 4.38. The summed E-state index contributed by atoms with van der Waals surface area (Å²) in [7, 11) is 1.89. The Balaban J connectivity index is 2.09. The van der Waals surface area contributed by atoms with Crippen LogP contribution in [0, 0.1) is 0 Å². The Kier molecular flexibility index (Phi) is 5.74. The lowest BCUT2D eigenvalue weighted by Crippen LogP contribution is -2.62. The highest BCUT2D eigenvalue weighted by atomic mass is 19.4. The number of aliphatic hydroxyl groups is 1. The monoisotopic (exact) mass is 351 g/mol. The number of likely N-dealkylation sites (N-methyl/N-ethyl adjacent to an activating group) is 1. The van der Waals surface area contributed by atoms with Gasteiger partial charge in [0.15, 0.2) is 0 Å². The van der Waals surface area contributed by atoms with Crippen LogP contribution in [-0.2, 0) is 9.59 Å². The predicted molar refractivity (Wildman–Crippen MR) is 80.1 cm³/mol. The van der Waals surface area contributed by atoms with E-state index >= 15 is 0 Å². The number of nitrogens with zero attached hydrogens (tertiary/aromatic N) is 3. The first-order chi connectivity index (χ1) is 11.2. The number of piperazine rings is 1. The molecule has 2 aliphatic heterocycles. The SMILES string of the molecule is CN1CCN(C(=O)CC(F)(F)F)CC12CCC(=O)N(CCO)CC2. The first-order valence-electron chi connectivity index (χ1n) is 8.11. The fourth-order valence-corrected chi connectivity index (χ4v) is 3.55. The van der Waals surface area contributed by atoms with E-state index < -0.39 is 24.0 Å². The van der Waals surface area contributed by atoms with Gasteiger partial charge < -0.3 is 14.9 Å². The van der Waals surface area contributed by atoms with E-state index in [-0.39, 0.29) is 38.6 Å². The van der Waals surface area contributed by atoms with Gasteiger partial charge in [0.25, 0.3) is 0 Å². The van der Waals surface area contributed by atoms with Crippen LogP contribution in [0.1, 0.15) is 25.7 Å². The van der Waals surface area contributed by atoms with Crippen LogP contribution in [0.3, 0.4) is 0 Å². The van der Waals surface area contributed by atoms with E-state index in [9.17, 15) is 22.8 Å². The van der Waals surface area contributed by atoms with Gasteiger partial charge in [0, 0.05) is 44.7 Å². The molecule has 1 atom stereocenters. The van der Waals surface area contributed by atoms with E-state index in [0.29, 0.717) is 25.9 Å². The highest BCUT2D eigenvalue weighted by Crippen LogP contribution is 2.33. The standard InChI is InChI=1S/C15H24F3N3O3/c1-19-6-7-21(13(24)10-15(16,17)18)11-14(19)3-2-12(23)20(5-4-14)8-9-22/h22H,2-11H2,1H3. The van der Waals surface area contributed by atoms with E-state index in [1.165, 1.54) is 4.90 Å². The van der Waals surface area contributed by atoms with Crippen molar-refractivity contribution in [2.75, 3.05) is 46.4 Å². The van der Waals surface area contributed by atoms with Crippen LogP contribution in [0.2, 0.25) is 0 Å². The van der Waals surface area contributed by atoms with Gasteiger partial charge in [-0.3, -0.25) is 14.5 Å². The number of rotatable bonds is 3. The zero-order valence-corrected chi connectivity index (χ0v) is 13.8. The van der Waals surface area contributed by atoms with E-state index in [1.54, 1.807) is 4.90 Å². The van der Waals surface area contributed by atoms with Crippen LogP contribution in [0.25, 0.3) is 0 Å². The molecule has 2 heterocycles. The lowest BCUT2D eigenvalue weighted by molar-refractivity contribution is -0.165. The van der Waals surface area contributed by atoms with E-state index in [1.807, 2.05) is 7.05 Å². The Morgan fingerprint density at radius 3 is 2.58 bits per heavy atom. The molecule has 9 heteroatoms. The summed E-state index contributed by atoms with van der Waals surface area (Å²) < 4.78 is 37.5. The largest absolute Gasteiger partial charge is 0.397 e. The fraction of sp³-hybridized carbons (Fsp3) is 0.867. The molecule has 0 radical (unpaired) electrons. The third-order valence-corrected chi connectivity index (χ3v) is 5.08. The minimum Gasteiger partial charge on any atom is -0.395 e. The number of β-amino-alcohol motifs (C(OH)–C–C–N with tert-alkyl or cyclic N) is 1. The number of halogens is 3. The van der Waals surface area contributed by atoms with Crippen molar-refractivity contribution in [1.82, 2.24) is 14.7 Å². The molecule has 2 saturated heterocycles. The van der Waals surface area contributed by atoms with Crippen molar-refractivity contribution < 1.29 is 27.9 Å². The molecule has 138 valence electrons. The van der Waals surface area contributed by atoms with Gasteiger partial charge in [0.1, 0.15) is 6.42 Å². The molecule has 24 heavy (non-hydrogen) atoms. The van der Waals surface area contributed by atoms with Gasteiger partial charge in [0.05, 0.1) is 6.61 Å². The molecule has 0 bridgehead atoms. The predicted octanol–water partition coefficient (Wildman–Crippen LogP) is 0.456. The van der Waals surface area contributed by atoms with Crippen LogP contribution in [0.15, 0.2) is 0 Å². The summed E-state index contributed by atoms with van der Waals surface area (Å²) in [6.07, 6.45) is -4.61. The van der Waals surface area contributed by atoms with Crippen LogP contribution < -0.4 is 0 Å². The summed E-state index contributed by atoms with van der Waals surface area (Å²) >= 11 is 0. The average molecular weight is 351 g/mol. The normalized spacial score (nSPS) is 26.8. The number of likely N-dealkylation sites (tertiary alicyclic amines) is 1. The first-order valence-corrected chi connectivity index (χ1v) is 8.11. The summed E-state index contributed by atoms with van der Waals surface area (Å²) in [6, 6.07) is 0. The molecule has 0 aromatic heterocycles. The highest BCUT2D eigenvalue weighted by molar-refractivity contribution is 5.78. The van der Waals surface area contributed by atoms with Crippen molar-refractivity contribution in [3.63, 3.8) is 0 Å². The Labute approximate surface area is 139 Å². The topological polar surface area (TPSA) is 64.1 Å². The zero-order chi connectivity index (χ0) is 18.0. The lowest BCUT2D eigenvalue weighted by atomic mass is 9.86. The number of hydrogen-bond donors (Lipinski definition) is 1. The molecule has 1 N–H and O–H groups in total. The maximum atomic E-state index is 12.5. The van der Waals surface area contributed by atoms with Crippen molar-refractivity contribution in [2.45, 2.75) is 37.4 Å². The number of amides is 2. The second-order valence-corrected chi connectivity index (χ2v) is 6.61. The Morgan fingerprint density at radius 1 is 1.25 bits per heavy atom. The maximum absolute atomic E-state index is 12.5. The van der Waals surface area contributed by atoms with Gasteiger partial charge in [0.2, 0.25) is 11.8 Å². The number of alkyl halides is 3. The van der Waals surface area contributed by atoms with Crippen molar-refractivity contribution in [2.24, 2.45) is 0 Å². The third-order valence-electron chi connectivity index (χ3n) is 5.08. The van der Waals surface area contributed by atoms with Crippen molar-refractivity contribution >= 4 is 11.8 Å². The van der Waals surface area contributed by atoms with Gasteiger partial charge in [-0.25, -0.2) is 0 Å². The minimum absolute atomic E-state index is 0.0620. The molecule has 0 aromatic rings. The van der Waals surface area contributed by atoms with Gasteiger partial charge >= 0.3 is 6.18 Å². The number of hydrogen-bond acceptors (Lipinski definition) is 4. The molecule has 0 saturated carbocycles. The minimum atomic E-state index is -4.51. The molecule has 2 fully saturated rings. The van der Waals surface area contributed by atoms with E-state index in [0.717, 1.165) is 0 Å². The summed E-state index contributed by atoms with van der Waals surface area (Å²) in [4.78, 5) is 29.0. The molecule has 2 aliphatic rings. The molecule has 6 nitrogen and oxygen atoms in total. The van der Waals surface area contributed by atoms with Gasteiger partial charge in [-0.1, -0.05) is 0 Å². The van der Waals surface area contributed by atoms with Crippen LogP contribution >= 0.6 is 0 Å². The van der Waals surface area contributed by atoms with Crippen molar-refractivity contribution in [3.05, 3.63) is 0 Å². The number of aliphatic hydroxyl groups excluding tert-OH is 1. The molecule has 2 rings (SSSR count). The lowest BCUT2D eigenvalue weighted by Gasteiger charge is -2.49. The Bertz CT molecular complexity index is 486. The van der Waals surface area contributed by atoms with Crippen LogP contribution in [0.5, 0.6) is 0 Å². The smallest absolute Gasteiger partial charge is 0.395 e. The average Bonchev–Trinajstić information content (AvgIpc) is 2.63. The molecule has 1 spiro atoms. The molecule has 1 unspecified atom stereocenters.